The Hall–Kier alpha value is -1.39. The maximum Gasteiger partial charge on any atom is 0.222 e. The van der Waals surface area contributed by atoms with Crippen LogP contribution in [0.2, 0.25) is 0 Å². The number of aryl methyl sites for hydroxylation is 1. The van der Waals surface area contributed by atoms with E-state index < -0.39 is 0 Å². The molecule has 1 atom stereocenters. The van der Waals surface area contributed by atoms with Crippen molar-refractivity contribution in [3.8, 4) is 0 Å². The highest BCUT2D eigenvalue weighted by Gasteiger charge is 2.43. The van der Waals surface area contributed by atoms with Gasteiger partial charge in [-0.15, -0.1) is 0 Å². The standard InChI is InChI=1S/C23H35N3O/c1-3-19-4-6-20(7-5-19)16-25-14-11-23(12-15-25)10-8-22(27)26(18-23)21-9-13-24(2)17-21/h4-7,21H,3,8-18H2,1-2H3/t21-/m1/s1. The molecular formula is C23H35N3O. The van der Waals surface area contributed by atoms with Crippen LogP contribution in [-0.4, -0.2) is 66.4 Å². The van der Waals surface area contributed by atoms with Gasteiger partial charge in [-0.25, -0.2) is 0 Å². The fraction of sp³-hybridized carbons (Fsp3) is 0.696. The third kappa shape index (κ3) is 4.22. The third-order valence-electron chi connectivity index (χ3n) is 7.26. The van der Waals surface area contributed by atoms with Crippen LogP contribution in [0.4, 0.5) is 0 Å². The van der Waals surface area contributed by atoms with Crippen molar-refractivity contribution in [3.05, 3.63) is 35.4 Å². The molecule has 3 fully saturated rings. The van der Waals surface area contributed by atoms with E-state index in [0.717, 1.165) is 51.9 Å². The Morgan fingerprint density at radius 2 is 1.74 bits per heavy atom. The molecule has 0 saturated carbocycles. The van der Waals surface area contributed by atoms with Crippen molar-refractivity contribution < 1.29 is 4.79 Å². The molecule has 1 aromatic carbocycles. The van der Waals surface area contributed by atoms with Gasteiger partial charge in [0.2, 0.25) is 5.91 Å². The van der Waals surface area contributed by atoms with E-state index in [1.54, 1.807) is 0 Å². The number of piperidine rings is 2. The first-order valence-corrected chi connectivity index (χ1v) is 10.9. The minimum Gasteiger partial charge on any atom is -0.338 e. The summed E-state index contributed by atoms with van der Waals surface area (Å²) >= 11 is 0. The lowest BCUT2D eigenvalue weighted by Crippen LogP contribution is -2.54. The Balaban J connectivity index is 1.33. The second-order valence-electron chi connectivity index (χ2n) is 9.17. The maximum absolute atomic E-state index is 12.6. The third-order valence-corrected chi connectivity index (χ3v) is 7.26. The Kier molecular flexibility index (Phi) is 5.56. The first-order chi connectivity index (χ1) is 13.1. The quantitative estimate of drug-likeness (QED) is 0.816. The van der Waals surface area contributed by atoms with Gasteiger partial charge in [-0.1, -0.05) is 31.2 Å². The lowest BCUT2D eigenvalue weighted by Gasteiger charge is -2.49. The number of rotatable bonds is 4. The molecule has 0 unspecified atom stereocenters. The summed E-state index contributed by atoms with van der Waals surface area (Å²) in [5, 5.41) is 0. The van der Waals surface area contributed by atoms with E-state index in [4.69, 9.17) is 0 Å². The molecule has 1 spiro atoms. The van der Waals surface area contributed by atoms with Crippen LogP contribution < -0.4 is 0 Å². The molecule has 1 aromatic rings. The summed E-state index contributed by atoms with van der Waals surface area (Å²) in [7, 11) is 2.18. The molecule has 3 heterocycles. The molecule has 27 heavy (non-hydrogen) atoms. The first kappa shape index (κ1) is 18.9. The molecule has 3 saturated heterocycles. The maximum atomic E-state index is 12.6. The number of benzene rings is 1. The van der Waals surface area contributed by atoms with Crippen LogP contribution in [0.5, 0.6) is 0 Å². The Bertz CT molecular complexity index is 648. The monoisotopic (exact) mass is 369 g/mol. The second-order valence-corrected chi connectivity index (χ2v) is 9.17. The van der Waals surface area contributed by atoms with Crippen LogP contribution in [0.3, 0.4) is 0 Å². The van der Waals surface area contributed by atoms with Gasteiger partial charge in [0.15, 0.2) is 0 Å². The molecule has 0 aliphatic carbocycles. The van der Waals surface area contributed by atoms with Gasteiger partial charge in [0, 0.05) is 32.1 Å². The van der Waals surface area contributed by atoms with Crippen LogP contribution in [0.15, 0.2) is 24.3 Å². The van der Waals surface area contributed by atoms with E-state index in [1.807, 2.05) is 0 Å². The molecule has 4 heteroatoms. The van der Waals surface area contributed by atoms with Crippen molar-refractivity contribution in [2.45, 2.75) is 58.0 Å². The highest BCUT2D eigenvalue weighted by molar-refractivity contribution is 5.77. The average molecular weight is 370 g/mol. The second kappa shape index (κ2) is 7.92. The van der Waals surface area contributed by atoms with Gasteiger partial charge in [-0.3, -0.25) is 9.69 Å². The molecule has 1 amide bonds. The summed E-state index contributed by atoms with van der Waals surface area (Å²) in [5.74, 6) is 0.402. The Labute approximate surface area is 164 Å². The van der Waals surface area contributed by atoms with Gasteiger partial charge >= 0.3 is 0 Å². The zero-order valence-electron chi connectivity index (χ0n) is 17.1. The zero-order valence-corrected chi connectivity index (χ0v) is 17.1. The number of likely N-dealkylation sites (N-methyl/N-ethyl adjacent to an activating group) is 1. The number of hydrogen-bond acceptors (Lipinski definition) is 3. The summed E-state index contributed by atoms with van der Waals surface area (Å²) in [4.78, 5) is 19.8. The molecular weight excluding hydrogens is 334 g/mol. The predicted molar refractivity (Wildman–Crippen MR) is 110 cm³/mol. The van der Waals surface area contributed by atoms with Crippen molar-refractivity contribution in [1.29, 1.82) is 0 Å². The highest BCUT2D eigenvalue weighted by atomic mass is 16.2. The smallest absolute Gasteiger partial charge is 0.222 e. The Morgan fingerprint density at radius 1 is 1.04 bits per heavy atom. The van der Waals surface area contributed by atoms with Crippen molar-refractivity contribution in [2.24, 2.45) is 5.41 Å². The fourth-order valence-electron chi connectivity index (χ4n) is 5.28. The molecule has 0 bridgehead atoms. The molecule has 3 aliphatic rings. The Morgan fingerprint density at radius 3 is 2.37 bits per heavy atom. The van der Waals surface area contributed by atoms with Gasteiger partial charge in [0.1, 0.15) is 0 Å². The van der Waals surface area contributed by atoms with E-state index in [1.165, 1.54) is 37.1 Å². The van der Waals surface area contributed by atoms with Crippen molar-refractivity contribution in [1.82, 2.24) is 14.7 Å². The molecule has 0 aromatic heterocycles. The normalized spacial score (nSPS) is 26.8. The van der Waals surface area contributed by atoms with Crippen LogP contribution in [0.1, 0.15) is 50.2 Å². The van der Waals surface area contributed by atoms with E-state index in [9.17, 15) is 4.79 Å². The summed E-state index contributed by atoms with van der Waals surface area (Å²) in [6.45, 7) is 8.80. The first-order valence-electron chi connectivity index (χ1n) is 10.9. The minimum absolute atomic E-state index is 0.373. The number of carbonyl (C=O) groups excluding carboxylic acids is 1. The number of hydrogen-bond donors (Lipinski definition) is 0. The minimum atomic E-state index is 0.373. The van der Waals surface area contributed by atoms with Crippen molar-refractivity contribution in [3.63, 3.8) is 0 Å². The molecule has 4 rings (SSSR count). The number of carbonyl (C=O) groups is 1. The van der Waals surface area contributed by atoms with E-state index >= 15 is 0 Å². The lowest BCUT2D eigenvalue weighted by atomic mass is 9.72. The van der Waals surface area contributed by atoms with Gasteiger partial charge in [-0.2, -0.15) is 0 Å². The summed E-state index contributed by atoms with van der Waals surface area (Å²) in [6.07, 6.45) is 6.61. The van der Waals surface area contributed by atoms with E-state index in [0.29, 0.717) is 17.4 Å². The van der Waals surface area contributed by atoms with Crippen LogP contribution in [-0.2, 0) is 17.8 Å². The number of amides is 1. The molecule has 3 aliphatic heterocycles. The highest BCUT2D eigenvalue weighted by Crippen LogP contribution is 2.41. The zero-order chi connectivity index (χ0) is 18.9. The van der Waals surface area contributed by atoms with Crippen LogP contribution in [0, 0.1) is 5.41 Å². The average Bonchev–Trinajstić information content (AvgIpc) is 3.13. The van der Waals surface area contributed by atoms with E-state index in [2.05, 4.69) is 52.9 Å². The fourth-order valence-corrected chi connectivity index (χ4v) is 5.28. The van der Waals surface area contributed by atoms with E-state index in [-0.39, 0.29) is 0 Å². The predicted octanol–water partition coefficient (Wildman–Crippen LogP) is 3.16. The van der Waals surface area contributed by atoms with Gasteiger partial charge < -0.3 is 9.80 Å². The molecule has 4 nitrogen and oxygen atoms in total. The van der Waals surface area contributed by atoms with Gasteiger partial charge in [0.05, 0.1) is 0 Å². The lowest BCUT2D eigenvalue weighted by molar-refractivity contribution is -0.142. The molecule has 0 N–H and O–H groups in total. The van der Waals surface area contributed by atoms with Crippen LogP contribution >= 0.6 is 0 Å². The van der Waals surface area contributed by atoms with Crippen molar-refractivity contribution in [2.75, 3.05) is 39.8 Å². The summed E-state index contributed by atoms with van der Waals surface area (Å²) < 4.78 is 0. The number of nitrogens with zero attached hydrogens (tertiary/aromatic N) is 3. The number of likely N-dealkylation sites (tertiary alicyclic amines) is 3. The largest absolute Gasteiger partial charge is 0.338 e. The van der Waals surface area contributed by atoms with Gasteiger partial charge in [-0.05, 0) is 75.3 Å². The molecule has 148 valence electrons. The van der Waals surface area contributed by atoms with Crippen molar-refractivity contribution >= 4 is 5.91 Å². The topological polar surface area (TPSA) is 26.8 Å². The summed E-state index contributed by atoms with van der Waals surface area (Å²) in [5.41, 5.74) is 3.22. The summed E-state index contributed by atoms with van der Waals surface area (Å²) in [6, 6.07) is 9.57. The van der Waals surface area contributed by atoms with Crippen LogP contribution in [0.25, 0.3) is 0 Å². The SMILES string of the molecule is CCc1ccc(CN2CCC3(CCC(=O)N([C@@H]4CCN(C)C4)C3)CC2)cc1. The molecule has 0 radical (unpaired) electrons. The van der Waals surface area contributed by atoms with Gasteiger partial charge in [0.25, 0.3) is 0 Å².